The number of benzene rings is 1. The number of hydrogen-bond donors (Lipinski definition) is 1. The van der Waals surface area contributed by atoms with Gasteiger partial charge < -0.3 is 10.1 Å². The molecule has 0 unspecified atom stereocenters. The van der Waals surface area contributed by atoms with E-state index in [-0.39, 0.29) is 0 Å². The third-order valence-corrected chi connectivity index (χ3v) is 3.49. The van der Waals surface area contributed by atoms with Crippen LogP contribution in [0.4, 0.5) is 5.82 Å². The van der Waals surface area contributed by atoms with Crippen LogP contribution in [0, 0.1) is 13.8 Å². The number of halogens is 1. The lowest BCUT2D eigenvalue weighted by atomic mass is 10.1. The van der Waals surface area contributed by atoms with Crippen LogP contribution in [0.2, 0.25) is 5.02 Å². The van der Waals surface area contributed by atoms with Crippen LogP contribution < -0.4 is 10.1 Å². The summed E-state index contributed by atoms with van der Waals surface area (Å²) in [5.41, 5.74) is 3.13. The molecular formula is C15H17ClN2O. The first-order valence-corrected chi connectivity index (χ1v) is 6.50. The van der Waals surface area contributed by atoms with Crippen molar-refractivity contribution in [1.82, 2.24) is 4.98 Å². The Kier molecular flexibility index (Phi) is 4.27. The molecule has 4 heteroatoms. The van der Waals surface area contributed by atoms with Crippen molar-refractivity contribution in [1.29, 1.82) is 0 Å². The summed E-state index contributed by atoms with van der Waals surface area (Å²) >= 11 is 6.13. The SMILES string of the molecule is CNc1cc(COc2cc(C)c(Cl)c(C)c2)ccn1. The lowest BCUT2D eigenvalue weighted by molar-refractivity contribution is 0.306. The number of pyridine rings is 1. The number of nitrogens with one attached hydrogen (secondary N) is 1. The fourth-order valence-electron chi connectivity index (χ4n) is 1.86. The maximum absolute atomic E-state index is 6.13. The van der Waals surface area contributed by atoms with E-state index in [2.05, 4.69) is 10.3 Å². The van der Waals surface area contributed by atoms with Gasteiger partial charge in [0.25, 0.3) is 0 Å². The lowest BCUT2D eigenvalue weighted by Crippen LogP contribution is -1.99. The van der Waals surface area contributed by atoms with Crippen LogP contribution in [-0.2, 0) is 6.61 Å². The number of rotatable bonds is 4. The van der Waals surface area contributed by atoms with Crippen molar-refractivity contribution in [2.75, 3.05) is 12.4 Å². The van der Waals surface area contributed by atoms with Crippen molar-refractivity contribution in [2.24, 2.45) is 0 Å². The van der Waals surface area contributed by atoms with E-state index in [4.69, 9.17) is 16.3 Å². The normalized spacial score (nSPS) is 10.3. The number of ether oxygens (including phenoxy) is 1. The highest BCUT2D eigenvalue weighted by Crippen LogP contribution is 2.26. The minimum atomic E-state index is 0.512. The Balaban J connectivity index is 2.10. The molecule has 1 aromatic heterocycles. The van der Waals surface area contributed by atoms with Gasteiger partial charge in [-0.2, -0.15) is 0 Å². The Labute approximate surface area is 118 Å². The number of aryl methyl sites for hydroxylation is 2. The standard InChI is InChI=1S/C15H17ClN2O/c1-10-6-13(7-11(2)15(10)16)19-9-12-4-5-18-14(8-12)17-3/h4-8H,9H2,1-3H3,(H,17,18). The van der Waals surface area contributed by atoms with E-state index < -0.39 is 0 Å². The second kappa shape index (κ2) is 5.93. The largest absolute Gasteiger partial charge is 0.489 e. The van der Waals surface area contributed by atoms with Gasteiger partial charge in [-0.3, -0.25) is 0 Å². The highest BCUT2D eigenvalue weighted by molar-refractivity contribution is 6.32. The van der Waals surface area contributed by atoms with Crippen LogP contribution in [0.15, 0.2) is 30.5 Å². The highest BCUT2D eigenvalue weighted by atomic mass is 35.5. The topological polar surface area (TPSA) is 34.1 Å². The first kappa shape index (κ1) is 13.7. The molecule has 0 aliphatic rings. The molecule has 1 heterocycles. The van der Waals surface area contributed by atoms with E-state index in [1.165, 1.54) is 0 Å². The Morgan fingerprint density at radius 3 is 2.53 bits per heavy atom. The van der Waals surface area contributed by atoms with Crippen molar-refractivity contribution in [3.63, 3.8) is 0 Å². The molecule has 0 fully saturated rings. The number of nitrogens with zero attached hydrogens (tertiary/aromatic N) is 1. The summed E-state index contributed by atoms with van der Waals surface area (Å²) in [6.07, 6.45) is 1.77. The van der Waals surface area contributed by atoms with Gasteiger partial charge in [0.1, 0.15) is 18.2 Å². The number of anilines is 1. The molecule has 3 nitrogen and oxygen atoms in total. The molecule has 100 valence electrons. The van der Waals surface area contributed by atoms with Crippen LogP contribution in [0.5, 0.6) is 5.75 Å². The van der Waals surface area contributed by atoms with Gasteiger partial charge >= 0.3 is 0 Å². The van der Waals surface area contributed by atoms with Crippen LogP contribution in [0.25, 0.3) is 0 Å². The molecule has 0 aliphatic carbocycles. The second-order valence-corrected chi connectivity index (χ2v) is 4.84. The van der Waals surface area contributed by atoms with Crippen LogP contribution in [0.3, 0.4) is 0 Å². The molecule has 19 heavy (non-hydrogen) atoms. The van der Waals surface area contributed by atoms with Gasteiger partial charge in [0.05, 0.1) is 0 Å². The number of hydrogen-bond acceptors (Lipinski definition) is 3. The fourth-order valence-corrected chi connectivity index (χ4v) is 1.97. The van der Waals surface area contributed by atoms with E-state index in [9.17, 15) is 0 Å². The molecule has 0 radical (unpaired) electrons. The smallest absolute Gasteiger partial charge is 0.126 e. The summed E-state index contributed by atoms with van der Waals surface area (Å²) in [7, 11) is 1.85. The zero-order valence-electron chi connectivity index (χ0n) is 11.3. The van der Waals surface area contributed by atoms with Crippen molar-refractivity contribution >= 4 is 17.4 Å². The molecule has 0 saturated heterocycles. The van der Waals surface area contributed by atoms with Crippen molar-refractivity contribution in [2.45, 2.75) is 20.5 Å². The third-order valence-electron chi connectivity index (χ3n) is 2.90. The van der Waals surface area contributed by atoms with Crippen molar-refractivity contribution in [3.05, 3.63) is 52.2 Å². The Morgan fingerprint density at radius 1 is 1.21 bits per heavy atom. The zero-order chi connectivity index (χ0) is 13.8. The predicted octanol–water partition coefficient (Wildman–Crippen LogP) is 3.97. The summed E-state index contributed by atoms with van der Waals surface area (Å²) in [6.45, 7) is 4.47. The van der Waals surface area contributed by atoms with Crippen molar-refractivity contribution in [3.8, 4) is 5.75 Å². The van der Waals surface area contributed by atoms with Gasteiger partial charge in [-0.1, -0.05) is 11.6 Å². The van der Waals surface area contributed by atoms with Gasteiger partial charge in [-0.05, 0) is 54.8 Å². The van der Waals surface area contributed by atoms with E-state index in [1.54, 1.807) is 6.20 Å². The minimum absolute atomic E-state index is 0.512. The minimum Gasteiger partial charge on any atom is -0.489 e. The van der Waals surface area contributed by atoms with Gasteiger partial charge in [0, 0.05) is 18.3 Å². The van der Waals surface area contributed by atoms with Crippen LogP contribution >= 0.6 is 11.6 Å². The molecule has 0 atom stereocenters. The van der Waals surface area contributed by atoms with Crippen molar-refractivity contribution < 1.29 is 4.74 Å². The summed E-state index contributed by atoms with van der Waals surface area (Å²) in [5.74, 6) is 1.67. The van der Waals surface area contributed by atoms with E-state index in [0.717, 1.165) is 33.3 Å². The average molecular weight is 277 g/mol. The molecule has 0 bridgehead atoms. The zero-order valence-corrected chi connectivity index (χ0v) is 12.1. The molecule has 2 aromatic rings. The van der Waals surface area contributed by atoms with Crippen LogP contribution in [-0.4, -0.2) is 12.0 Å². The first-order chi connectivity index (χ1) is 9.10. The highest BCUT2D eigenvalue weighted by Gasteiger charge is 2.04. The van der Waals surface area contributed by atoms with Gasteiger partial charge in [-0.25, -0.2) is 4.98 Å². The predicted molar refractivity (Wildman–Crippen MR) is 79.0 cm³/mol. The Morgan fingerprint density at radius 2 is 1.89 bits per heavy atom. The second-order valence-electron chi connectivity index (χ2n) is 4.46. The van der Waals surface area contributed by atoms with Gasteiger partial charge in [-0.15, -0.1) is 0 Å². The van der Waals surface area contributed by atoms with E-state index in [1.807, 2.05) is 45.2 Å². The van der Waals surface area contributed by atoms with Crippen LogP contribution in [0.1, 0.15) is 16.7 Å². The first-order valence-electron chi connectivity index (χ1n) is 6.12. The summed E-state index contributed by atoms with van der Waals surface area (Å²) in [5, 5.41) is 3.81. The summed E-state index contributed by atoms with van der Waals surface area (Å²) < 4.78 is 5.79. The quantitative estimate of drug-likeness (QED) is 0.917. The molecule has 2 rings (SSSR count). The number of aromatic nitrogens is 1. The van der Waals surface area contributed by atoms with E-state index >= 15 is 0 Å². The molecule has 1 N–H and O–H groups in total. The maximum Gasteiger partial charge on any atom is 0.126 e. The fraction of sp³-hybridized carbons (Fsp3) is 0.267. The monoisotopic (exact) mass is 276 g/mol. The molecule has 0 spiro atoms. The average Bonchev–Trinajstić information content (AvgIpc) is 2.42. The summed E-state index contributed by atoms with van der Waals surface area (Å²) in [6, 6.07) is 7.82. The van der Waals surface area contributed by atoms with Gasteiger partial charge in [0.2, 0.25) is 0 Å². The molecule has 0 amide bonds. The molecule has 0 aliphatic heterocycles. The van der Waals surface area contributed by atoms with Gasteiger partial charge in [0.15, 0.2) is 0 Å². The molecule has 0 saturated carbocycles. The third kappa shape index (κ3) is 3.38. The lowest BCUT2D eigenvalue weighted by Gasteiger charge is -2.10. The Hall–Kier alpha value is -1.74. The summed E-state index contributed by atoms with van der Waals surface area (Å²) in [4.78, 5) is 4.17. The maximum atomic E-state index is 6.13. The Bertz CT molecular complexity index is 561. The van der Waals surface area contributed by atoms with E-state index in [0.29, 0.717) is 6.61 Å². The molecular weight excluding hydrogens is 260 g/mol. The molecule has 1 aromatic carbocycles.